The SMILES string of the molecule is CCCNc1cc(-n2ccnc2C)nc(C(C)(C)C)n1. The minimum Gasteiger partial charge on any atom is -0.370 e. The van der Waals surface area contributed by atoms with Crippen LogP contribution in [0.4, 0.5) is 5.82 Å². The van der Waals surface area contributed by atoms with E-state index in [2.05, 4.69) is 48.0 Å². The van der Waals surface area contributed by atoms with E-state index in [-0.39, 0.29) is 5.41 Å². The van der Waals surface area contributed by atoms with Crippen molar-refractivity contribution in [2.75, 3.05) is 11.9 Å². The number of aryl methyl sites for hydroxylation is 1. The Balaban J connectivity index is 2.48. The number of nitrogens with one attached hydrogen (secondary N) is 1. The van der Waals surface area contributed by atoms with Crippen LogP contribution < -0.4 is 5.32 Å². The predicted molar refractivity (Wildman–Crippen MR) is 81.4 cm³/mol. The molecule has 0 aliphatic heterocycles. The number of rotatable bonds is 4. The summed E-state index contributed by atoms with van der Waals surface area (Å²) in [5, 5.41) is 3.34. The maximum atomic E-state index is 4.69. The van der Waals surface area contributed by atoms with Crippen molar-refractivity contribution in [1.82, 2.24) is 19.5 Å². The third kappa shape index (κ3) is 3.15. The van der Waals surface area contributed by atoms with Crippen molar-refractivity contribution in [3.63, 3.8) is 0 Å². The molecule has 0 saturated heterocycles. The van der Waals surface area contributed by atoms with Gasteiger partial charge in [-0.05, 0) is 13.3 Å². The molecular weight excluding hydrogens is 250 g/mol. The van der Waals surface area contributed by atoms with Gasteiger partial charge in [-0.15, -0.1) is 0 Å². The summed E-state index contributed by atoms with van der Waals surface area (Å²) in [6.07, 6.45) is 4.77. The third-order valence-electron chi connectivity index (χ3n) is 3.01. The number of aromatic nitrogens is 4. The second-order valence-electron chi connectivity index (χ2n) is 5.96. The Morgan fingerprint density at radius 3 is 2.55 bits per heavy atom. The molecule has 0 aliphatic carbocycles. The summed E-state index contributed by atoms with van der Waals surface area (Å²) in [6, 6.07) is 1.97. The zero-order chi connectivity index (χ0) is 14.8. The van der Waals surface area contributed by atoms with E-state index >= 15 is 0 Å². The van der Waals surface area contributed by atoms with Gasteiger partial charge < -0.3 is 5.32 Å². The van der Waals surface area contributed by atoms with Crippen LogP contribution in [0.2, 0.25) is 0 Å². The van der Waals surface area contributed by atoms with Gasteiger partial charge in [0, 0.05) is 30.4 Å². The monoisotopic (exact) mass is 273 g/mol. The number of imidazole rings is 1. The Hall–Kier alpha value is -1.91. The minimum absolute atomic E-state index is 0.0901. The number of hydrogen-bond donors (Lipinski definition) is 1. The van der Waals surface area contributed by atoms with Crippen LogP contribution in [0.3, 0.4) is 0 Å². The summed E-state index contributed by atoms with van der Waals surface area (Å²) < 4.78 is 1.98. The quantitative estimate of drug-likeness (QED) is 0.930. The van der Waals surface area contributed by atoms with Gasteiger partial charge in [-0.2, -0.15) is 0 Å². The van der Waals surface area contributed by atoms with E-state index in [4.69, 9.17) is 0 Å². The van der Waals surface area contributed by atoms with E-state index in [9.17, 15) is 0 Å². The van der Waals surface area contributed by atoms with Crippen LogP contribution in [0.15, 0.2) is 18.5 Å². The smallest absolute Gasteiger partial charge is 0.143 e. The fourth-order valence-electron chi connectivity index (χ4n) is 1.86. The molecule has 0 aliphatic rings. The Labute approximate surface area is 120 Å². The van der Waals surface area contributed by atoms with Gasteiger partial charge >= 0.3 is 0 Å². The molecule has 5 nitrogen and oxygen atoms in total. The third-order valence-corrected chi connectivity index (χ3v) is 3.01. The van der Waals surface area contributed by atoms with E-state index in [0.717, 1.165) is 36.3 Å². The lowest BCUT2D eigenvalue weighted by Gasteiger charge is -2.19. The van der Waals surface area contributed by atoms with Crippen molar-refractivity contribution in [3.05, 3.63) is 30.1 Å². The minimum atomic E-state index is -0.0901. The number of nitrogens with zero attached hydrogens (tertiary/aromatic N) is 4. The maximum absolute atomic E-state index is 4.69. The maximum Gasteiger partial charge on any atom is 0.143 e. The van der Waals surface area contributed by atoms with Crippen LogP contribution in [-0.4, -0.2) is 26.1 Å². The molecule has 2 rings (SSSR count). The topological polar surface area (TPSA) is 55.6 Å². The van der Waals surface area contributed by atoms with Crippen molar-refractivity contribution in [2.24, 2.45) is 0 Å². The second kappa shape index (κ2) is 5.61. The Morgan fingerprint density at radius 1 is 1.25 bits per heavy atom. The van der Waals surface area contributed by atoms with Crippen molar-refractivity contribution in [3.8, 4) is 5.82 Å². The van der Waals surface area contributed by atoms with E-state index in [1.165, 1.54) is 0 Å². The van der Waals surface area contributed by atoms with E-state index in [0.29, 0.717) is 0 Å². The highest BCUT2D eigenvalue weighted by Gasteiger charge is 2.19. The molecular formula is C15H23N5. The molecule has 1 N–H and O–H groups in total. The molecule has 0 fully saturated rings. The fourth-order valence-corrected chi connectivity index (χ4v) is 1.86. The van der Waals surface area contributed by atoms with Crippen molar-refractivity contribution in [2.45, 2.75) is 46.5 Å². The molecule has 0 unspecified atom stereocenters. The van der Waals surface area contributed by atoms with Crippen molar-refractivity contribution >= 4 is 5.82 Å². The first-order valence-electron chi connectivity index (χ1n) is 7.05. The Kier molecular flexibility index (Phi) is 4.06. The summed E-state index contributed by atoms with van der Waals surface area (Å²) in [7, 11) is 0. The molecule has 2 heterocycles. The van der Waals surface area contributed by atoms with Gasteiger partial charge in [-0.3, -0.25) is 4.57 Å². The zero-order valence-electron chi connectivity index (χ0n) is 12.9. The van der Waals surface area contributed by atoms with Gasteiger partial charge in [0.05, 0.1) is 0 Å². The van der Waals surface area contributed by atoms with Gasteiger partial charge in [-0.1, -0.05) is 27.7 Å². The van der Waals surface area contributed by atoms with Crippen LogP contribution >= 0.6 is 0 Å². The number of hydrogen-bond acceptors (Lipinski definition) is 4. The average molecular weight is 273 g/mol. The first kappa shape index (κ1) is 14.5. The van der Waals surface area contributed by atoms with Crippen LogP contribution in [0.1, 0.15) is 45.8 Å². The first-order valence-corrected chi connectivity index (χ1v) is 7.05. The molecule has 0 saturated carbocycles. The highest BCUT2D eigenvalue weighted by Crippen LogP contribution is 2.22. The lowest BCUT2D eigenvalue weighted by molar-refractivity contribution is 0.543. The fraction of sp³-hybridized carbons (Fsp3) is 0.533. The van der Waals surface area contributed by atoms with E-state index < -0.39 is 0 Å². The van der Waals surface area contributed by atoms with Gasteiger partial charge in [-0.25, -0.2) is 15.0 Å². The van der Waals surface area contributed by atoms with Crippen LogP contribution in [0.25, 0.3) is 5.82 Å². The molecule has 0 amide bonds. The van der Waals surface area contributed by atoms with Crippen LogP contribution in [0.5, 0.6) is 0 Å². The molecule has 5 heteroatoms. The Morgan fingerprint density at radius 2 is 2.00 bits per heavy atom. The molecule has 108 valence electrons. The molecule has 0 radical (unpaired) electrons. The average Bonchev–Trinajstić information content (AvgIpc) is 2.81. The first-order chi connectivity index (χ1) is 9.41. The molecule has 0 bridgehead atoms. The summed E-state index contributed by atoms with van der Waals surface area (Å²) in [5.74, 6) is 3.49. The highest BCUT2D eigenvalue weighted by molar-refractivity contribution is 5.43. The van der Waals surface area contributed by atoms with Crippen LogP contribution in [-0.2, 0) is 5.41 Å². The molecule has 0 atom stereocenters. The van der Waals surface area contributed by atoms with Gasteiger partial charge in [0.1, 0.15) is 23.3 Å². The van der Waals surface area contributed by atoms with Gasteiger partial charge in [0.15, 0.2) is 0 Å². The Bertz CT molecular complexity index is 580. The standard InChI is InChI=1S/C15H23N5/c1-6-7-17-12-10-13(20-9-8-16-11(20)2)19-14(18-12)15(3,4)5/h8-10H,6-7H2,1-5H3,(H,17,18,19). The van der Waals surface area contributed by atoms with Crippen molar-refractivity contribution < 1.29 is 0 Å². The molecule has 0 spiro atoms. The highest BCUT2D eigenvalue weighted by atomic mass is 15.2. The van der Waals surface area contributed by atoms with Crippen LogP contribution in [0, 0.1) is 6.92 Å². The molecule has 0 aromatic carbocycles. The summed E-state index contributed by atoms with van der Waals surface area (Å²) in [5.41, 5.74) is -0.0901. The largest absolute Gasteiger partial charge is 0.370 e. The zero-order valence-corrected chi connectivity index (χ0v) is 12.9. The molecule has 2 aromatic heterocycles. The van der Waals surface area contributed by atoms with Crippen molar-refractivity contribution in [1.29, 1.82) is 0 Å². The molecule has 20 heavy (non-hydrogen) atoms. The van der Waals surface area contributed by atoms with Gasteiger partial charge in [0.2, 0.25) is 0 Å². The predicted octanol–water partition coefficient (Wildman–Crippen LogP) is 3.09. The normalized spacial score (nSPS) is 11.7. The summed E-state index contributed by atoms with van der Waals surface area (Å²) >= 11 is 0. The summed E-state index contributed by atoms with van der Waals surface area (Å²) in [4.78, 5) is 13.6. The van der Waals surface area contributed by atoms with Gasteiger partial charge in [0.25, 0.3) is 0 Å². The van der Waals surface area contributed by atoms with E-state index in [1.807, 2.05) is 23.8 Å². The van der Waals surface area contributed by atoms with E-state index in [1.54, 1.807) is 6.20 Å². The summed E-state index contributed by atoms with van der Waals surface area (Å²) in [6.45, 7) is 11.4. The number of anilines is 1. The lowest BCUT2D eigenvalue weighted by Crippen LogP contribution is -2.19. The lowest BCUT2D eigenvalue weighted by atomic mass is 9.96. The molecule has 2 aromatic rings. The second-order valence-corrected chi connectivity index (χ2v) is 5.96.